The molecule has 0 aromatic carbocycles. The largest absolute Gasteiger partial charge is 0.279 e. The second kappa shape index (κ2) is 2.88. The maximum atomic E-state index is 6.02. The third kappa shape index (κ3) is 1.23. The Kier molecular flexibility index (Phi) is 1.84. The van der Waals surface area contributed by atoms with E-state index in [0.717, 1.165) is 11.4 Å². The number of rotatable bonds is 1. The summed E-state index contributed by atoms with van der Waals surface area (Å²) in [6.45, 7) is 3.82. The summed E-state index contributed by atoms with van der Waals surface area (Å²) in [5.41, 5.74) is 1.86. The Morgan fingerprint density at radius 3 is 2.69 bits per heavy atom. The first-order valence-corrected chi connectivity index (χ1v) is 4.29. The minimum Gasteiger partial charge on any atom is -0.279 e. The van der Waals surface area contributed by atoms with Crippen LogP contribution in [0.1, 0.15) is 11.4 Å². The third-order valence-electron chi connectivity index (χ3n) is 1.89. The van der Waals surface area contributed by atoms with Gasteiger partial charge in [0.05, 0.1) is 5.69 Å². The number of hydrogen-bond donors (Lipinski definition) is 1. The average molecular weight is 197 g/mol. The molecule has 0 radical (unpaired) electrons. The fraction of sp³-hybridized carbons (Fsp3) is 0.250. The normalized spacial score (nSPS) is 10.7. The molecule has 0 aliphatic rings. The number of aryl methyl sites for hydroxylation is 2. The molecule has 0 aliphatic carbocycles. The lowest BCUT2D eigenvalue weighted by Crippen LogP contribution is -1.99. The summed E-state index contributed by atoms with van der Waals surface area (Å²) in [7, 11) is 0. The van der Waals surface area contributed by atoms with Crippen molar-refractivity contribution in [2.75, 3.05) is 0 Å². The van der Waals surface area contributed by atoms with E-state index in [-0.39, 0.29) is 0 Å². The molecule has 2 rings (SSSR count). The van der Waals surface area contributed by atoms with Crippen LogP contribution in [0.4, 0.5) is 0 Å². The Hall–Kier alpha value is -1.29. The highest BCUT2D eigenvalue weighted by Gasteiger charge is 2.11. The van der Waals surface area contributed by atoms with Crippen LogP contribution < -0.4 is 0 Å². The van der Waals surface area contributed by atoms with Crippen LogP contribution in [0.25, 0.3) is 5.82 Å². The summed E-state index contributed by atoms with van der Waals surface area (Å²) in [4.78, 5) is 0. The number of aromatic nitrogens is 4. The fourth-order valence-corrected chi connectivity index (χ4v) is 1.30. The molecule has 5 heteroatoms. The van der Waals surface area contributed by atoms with Gasteiger partial charge in [-0.25, -0.2) is 4.68 Å². The van der Waals surface area contributed by atoms with Gasteiger partial charge in [-0.2, -0.15) is 10.2 Å². The van der Waals surface area contributed by atoms with Gasteiger partial charge in [-0.3, -0.25) is 5.10 Å². The Labute approximate surface area is 80.5 Å². The van der Waals surface area contributed by atoms with E-state index in [1.165, 1.54) is 0 Å². The predicted molar refractivity (Wildman–Crippen MR) is 50.2 cm³/mol. The molecular formula is C8H9ClN4. The van der Waals surface area contributed by atoms with E-state index in [1.54, 1.807) is 10.9 Å². The topological polar surface area (TPSA) is 46.5 Å². The molecule has 0 aliphatic heterocycles. The molecular weight excluding hydrogens is 188 g/mol. The van der Waals surface area contributed by atoms with Gasteiger partial charge >= 0.3 is 0 Å². The zero-order chi connectivity index (χ0) is 9.42. The van der Waals surface area contributed by atoms with Gasteiger partial charge in [0.25, 0.3) is 0 Å². The minimum absolute atomic E-state index is 0.617. The van der Waals surface area contributed by atoms with Crippen molar-refractivity contribution in [1.29, 1.82) is 0 Å². The van der Waals surface area contributed by atoms with Crippen LogP contribution in [-0.4, -0.2) is 20.0 Å². The summed E-state index contributed by atoms with van der Waals surface area (Å²) < 4.78 is 1.70. The zero-order valence-electron chi connectivity index (χ0n) is 7.37. The van der Waals surface area contributed by atoms with E-state index >= 15 is 0 Å². The molecule has 0 spiro atoms. The monoisotopic (exact) mass is 196 g/mol. The second-order valence-electron chi connectivity index (χ2n) is 2.87. The Bertz CT molecular complexity index is 429. The summed E-state index contributed by atoms with van der Waals surface area (Å²) in [6.07, 6.45) is 1.72. The van der Waals surface area contributed by atoms with E-state index < -0.39 is 0 Å². The van der Waals surface area contributed by atoms with Crippen LogP contribution in [0.3, 0.4) is 0 Å². The van der Waals surface area contributed by atoms with E-state index in [2.05, 4.69) is 15.3 Å². The van der Waals surface area contributed by atoms with E-state index in [4.69, 9.17) is 11.6 Å². The third-order valence-corrected chi connectivity index (χ3v) is 2.34. The van der Waals surface area contributed by atoms with Gasteiger partial charge in [-0.15, -0.1) is 0 Å². The number of halogens is 1. The molecule has 0 fully saturated rings. The molecule has 2 aromatic rings. The molecule has 0 atom stereocenters. The van der Waals surface area contributed by atoms with Gasteiger partial charge in [0, 0.05) is 11.9 Å². The predicted octanol–water partition coefficient (Wildman–Crippen LogP) is 1.87. The van der Waals surface area contributed by atoms with Crippen LogP contribution in [0.5, 0.6) is 0 Å². The van der Waals surface area contributed by atoms with E-state index in [0.29, 0.717) is 10.8 Å². The molecule has 4 nitrogen and oxygen atoms in total. The SMILES string of the molecule is Cc1[nH]nc(-n2nccc2C)c1Cl. The van der Waals surface area contributed by atoms with Gasteiger partial charge < -0.3 is 0 Å². The molecule has 0 bridgehead atoms. The lowest BCUT2D eigenvalue weighted by atomic mass is 10.4. The molecule has 68 valence electrons. The fourth-order valence-electron chi connectivity index (χ4n) is 1.13. The van der Waals surface area contributed by atoms with Crippen molar-refractivity contribution in [3.05, 3.63) is 28.7 Å². The van der Waals surface area contributed by atoms with Crippen molar-refractivity contribution in [2.45, 2.75) is 13.8 Å². The van der Waals surface area contributed by atoms with Gasteiger partial charge in [0.1, 0.15) is 5.02 Å². The quantitative estimate of drug-likeness (QED) is 0.757. The van der Waals surface area contributed by atoms with Crippen molar-refractivity contribution < 1.29 is 0 Å². The van der Waals surface area contributed by atoms with Crippen LogP contribution in [0.15, 0.2) is 12.3 Å². The van der Waals surface area contributed by atoms with Crippen molar-refractivity contribution >= 4 is 11.6 Å². The number of aromatic amines is 1. The van der Waals surface area contributed by atoms with Gasteiger partial charge in [0.2, 0.25) is 0 Å². The van der Waals surface area contributed by atoms with Gasteiger partial charge in [-0.1, -0.05) is 11.6 Å². The first-order valence-electron chi connectivity index (χ1n) is 3.91. The highest BCUT2D eigenvalue weighted by molar-refractivity contribution is 6.32. The summed E-state index contributed by atoms with van der Waals surface area (Å²) in [5, 5.41) is 11.6. The summed E-state index contributed by atoms with van der Waals surface area (Å²) in [6, 6.07) is 1.90. The maximum Gasteiger partial charge on any atom is 0.194 e. The second-order valence-corrected chi connectivity index (χ2v) is 3.25. The molecule has 2 aromatic heterocycles. The van der Waals surface area contributed by atoms with Crippen LogP contribution in [0, 0.1) is 13.8 Å². The molecule has 0 saturated heterocycles. The number of hydrogen-bond acceptors (Lipinski definition) is 2. The molecule has 1 N–H and O–H groups in total. The maximum absolute atomic E-state index is 6.02. The lowest BCUT2D eigenvalue weighted by Gasteiger charge is -1.98. The van der Waals surface area contributed by atoms with Crippen molar-refractivity contribution in [3.8, 4) is 5.82 Å². The first-order chi connectivity index (χ1) is 6.20. The highest BCUT2D eigenvalue weighted by atomic mass is 35.5. The lowest BCUT2D eigenvalue weighted by molar-refractivity contribution is 0.808. The highest BCUT2D eigenvalue weighted by Crippen LogP contribution is 2.21. The minimum atomic E-state index is 0.617. The van der Waals surface area contributed by atoms with E-state index in [1.807, 2.05) is 19.9 Å². The standard InChI is InChI=1S/C8H9ClN4/c1-5-3-4-10-13(5)8-7(9)6(2)11-12-8/h3-4H,1-2H3,(H,11,12). The molecule has 0 amide bonds. The Balaban J connectivity index is 2.59. The van der Waals surface area contributed by atoms with Gasteiger partial charge in [-0.05, 0) is 19.9 Å². The number of nitrogens with zero attached hydrogens (tertiary/aromatic N) is 3. The molecule has 13 heavy (non-hydrogen) atoms. The average Bonchev–Trinajstić information content (AvgIpc) is 2.62. The van der Waals surface area contributed by atoms with Crippen molar-refractivity contribution in [2.24, 2.45) is 0 Å². The Morgan fingerprint density at radius 2 is 2.23 bits per heavy atom. The van der Waals surface area contributed by atoms with Crippen LogP contribution >= 0.6 is 11.6 Å². The Morgan fingerprint density at radius 1 is 1.46 bits per heavy atom. The van der Waals surface area contributed by atoms with Crippen molar-refractivity contribution in [1.82, 2.24) is 20.0 Å². The molecule has 0 unspecified atom stereocenters. The number of nitrogens with one attached hydrogen (secondary N) is 1. The zero-order valence-corrected chi connectivity index (χ0v) is 8.13. The summed E-state index contributed by atoms with van der Waals surface area (Å²) in [5.74, 6) is 0.654. The first kappa shape index (κ1) is 8.31. The molecule has 0 saturated carbocycles. The van der Waals surface area contributed by atoms with Gasteiger partial charge in [0.15, 0.2) is 5.82 Å². The smallest absolute Gasteiger partial charge is 0.194 e. The number of H-pyrrole nitrogens is 1. The summed E-state index contributed by atoms with van der Waals surface area (Å²) >= 11 is 6.02. The molecule has 2 heterocycles. The van der Waals surface area contributed by atoms with Crippen molar-refractivity contribution in [3.63, 3.8) is 0 Å². The van der Waals surface area contributed by atoms with Crippen LogP contribution in [-0.2, 0) is 0 Å². The van der Waals surface area contributed by atoms with E-state index in [9.17, 15) is 0 Å². The van der Waals surface area contributed by atoms with Crippen LogP contribution in [0.2, 0.25) is 5.02 Å².